The van der Waals surface area contributed by atoms with Gasteiger partial charge in [-0.3, -0.25) is 0 Å². The average Bonchev–Trinajstić information content (AvgIpc) is 2.37. The molecule has 110 valence electrons. The molecule has 0 spiro atoms. The molecule has 0 atom stereocenters. The lowest BCUT2D eigenvalue weighted by molar-refractivity contribution is 0.00164. The second-order valence-corrected chi connectivity index (χ2v) is 6.27. The predicted octanol–water partition coefficient (Wildman–Crippen LogP) is 2.80. The van der Waals surface area contributed by atoms with E-state index in [0.717, 1.165) is 37.9 Å². The Bertz CT molecular complexity index is 471. The molecule has 1 saturated heterocycles. The van der Waals surface area contributed by atoms with Crippen molar-refractivity contribution in [2.75, 3.05) is 31.1 Å². The van der Waals surface area contributed by atoms with Crippen LogP contribution in [0.25, 0.3) is 0 Å². The maximum atomic E-state index is 5.83. The van der Waals surface area contributed by atoms with Gasteiger partial charge in [0.15, 0.2) is 5.88 Å². The van der Waals surface area contributed by atoms with Crippen LogP contribution in [-0.4, -0.2) is 41.7 Å². The zero-order valence-corrected chi connectivity index (χ0v) is 13.0. The first-order chi connectivity index (χ1) is 9.35. The van der Waals surface area contributed by atoms with Gasteiger partial charge < -0.3 is 14.5 Å². The van der Waals surface area contributed by atoms with Crippen molar-refractivity contribution in [2.45, 2.75) is 33.3 Å². The van der Waals surface area contributed by atoms with Gasteiger partial charge in [-0.1, -0.05) is 0 Å². The number of rotatable bonds is 3. The molecule has 0 N–H and O–H groups in total. The highest BCUT2D eigenvalue weighted by atomic mass is 16.5. The molecule has 0 amide bonds. The van der Waals surface area contributed by atoms with Gasteiger partial charge in [-0.2, -0.15) is 0 Å². The molecule has 2 rings (SSSR count). The molecule has 0 radical (unpaired) electrons. The van der Waals surface area contributed by atoms with Crippen molar-refractivity contribution in [2.24, 2.45) is 0 Å². The molecule has 0 unspecified atom stereocenters. The number of aryl methyl sites for hydroxylation is 1. The molecule has 0 bridgehead atoms. The average molecular weight is 275 g/mol. The number of pyridine rings is 1. The fraction of sp³-hybridized carbons (Fsp3) is 0.562. The van der Waals surface area contributed by atoms with E-state index in [-0.39, 0.29) is 5.60 Å². The molecule has 4 heteroatoms. The normalized spacial score (nSPS) is 16.2. The van der Waals surface area contributed by atoms with Crippen LogP contribution in [0.1, 0.15) is 26.3 Å². The van der Waals surface area contributed by atoms with Gasteiger partial charge in [-0.25, -0.2) is 4.98 Å². The summed E-state index contributed by atoms with van der Waals surface area (Å²) in [5.41, 5.74) is 1.06. The van der Waals surface area contributed by atoms with E-state index in [9.17, 15) is 0 Å². The van der Waals surface area contributed by atoms with Crippen LogP contribution in [0.3, 0.4) is 0 Å². The molecule has 0 saturated carbocycles. The topological polar surface area (TPSA) is 28.6 Å². The van der Waals surface area contributed by atoms with Crippen LogP contribution in [0, 0.1) is 6.92 Å². The highest BCUT2D eigenvalue weighted by Crippen LogP contribution is 2.19. The first-order valence-corrected chi connectivity index (χ1v) is 7.16. The fourth-order valence-corrected chi connectivity index (χ4v) is 2.30. The van der Waals surface area contributed by atoms with Crippen LogP contribution in [0.4, 0.5) is 5.82 Å². The Morgan fingerprint density at radius 2 is 1.90 bits per heavy atom. The summed E-state index contributed by atoms with van der Waals surface area (Å²) in [5, 5.41) is 0. The number of piperazine rings is 1. The largest absolute Gasteiger partial charge is 0.474 e. The van der Waals surface area contributed by atoms with Gasteiger partial charge in [0.25, 0.3) is 0 Å². The van der Waals surface area contributed by atoms with Gasteiger partial charge >= 0.3 is 0 Å². The van der Waals surface area contributed by atoms with Crippen molar-refractivity contribution in [3.8, 4) is 0 Å². The number of ether oxygens (including phenoxy) is 1. The minimum absolute atomic E-state index is 0.188. The molecule has 20 heavy (non-hydrogen) atoms. The van der Waals surface area contributed by atoms with E-state index in [1.807, 2.05) is 33.0 Å². The third-order valence-corrected chi connectivity index (χ3v) is 3.28. The van der Waals surface area contributed by atoms with Crippen LogP contribution in [0.5, 0.6) is 0 Å². The van der Waals surface area contributed by atoms with Crippen LogP contribution in [-0.2, 0) is 4.74 Å². The van der Waals surface area contributed by atoms with Gasteiger partial charge in [0.1, 0.15) is 11.4 Å². The van der Waals surface area contributed by atoms with Gasteiger partial charge in [0.05, 0.1) is 0 Å². The Balaban J connectivity index is 1.91. The van der Waals surface area contributed by atoms with E-state index >= 15 is 0 Å². The summed E-state index contributed by atoms with van der Waals surface area (Å²) >= 11 is 0. The van der Waals surface area contributed by atoms with Gasteiger partial charge in [0, 0.05) is 32.4 Å². The summed E-state index contributed by atoms with van der Waals surface area (Å²) in [7, 11) is 0. The van der Waals surface area contributed by atoms with Crippen LogP contribution >= 0.6 is 0 Å². The molecular formula is C16H25N3O. The highest BCUT2D eigenvalue weighted by molar-refractivity contribution is 5.41. The van der Waals surface area contributed by atoms with E-state index in [4.69, 9.17) is 4.74 Å². The molecule has 1 aromatic heterocycles. The summed E-state index contributed by atoms with van der Waals surface area (Å²) in [4.78, 5) is 8.97. The van der Waals surface area contributed by atoms with Gasteiger partial charge in [0.2, 0.25) is 0 Å². The summed E-state index contributed by atoms with van der Waals surface area (Å²) in [6.07, 6.45) is 1.87. The van der Waals surface area contributed by atoms with E-state index < -0.39 is 0 Å². The number of anilines is 1. The third kappa shape index (κ3) is 3.89. The van der Waals surface area contributed by atoms with Crippen molar-refractivity contribution in [1.29, 1.82) is 0 Å². The molecule has 0 aliphatic carbocycles. The zero-order valence-electron chi connectivity index (χ0n) is 13.0. The smallest absolute Gasteiger partial charge is 0.182 e. The van der Waals surface area contributed by atoms with E-state index in [1.54, 1.807) is 0 Å². The van der Waals surface area contributed by atoms with Crippen LogP contribution in [0.2, 0.25) is 0 Å². The maximum Gasteiger partial charge on any atom is 0.182 e. The Morgan fingerprint density at radius 1 is 1.25 bits per heavy atom. The SMILES string of the molecule is C=C(OC(C)(C)C)N1CCN(c2cc(C)ccn2)CC1. The number of nitrogens with zero attached hydrogens (tertiary/aromatic N) is 3. The van der Waals surface area contributed by atoms with Crippen molar-refractivity contribution in [3.63, 3.8) is 0 Å². The molecule has 1 fully saturated rings. The first-order valence-electron chi connectivity index (χ1n) is 7.16. The minimum atomic E-state index is -0.188. The fourth-order valence-electron chi connectivity index (χ4n) is 2.30. The molecule has 4 nitrogen and oxygen atoms in total. The maximum absolute atomic E-state index is 5.83. The Labute approximate surface area is 122 Å². The molecule has 2 heterocycles. The molecule has 1 aromatic rings. The minimum Gasteiger partial charge on any atom is -0.474 e. The van der Waals surface area contributed by atoms with Crippen molar-refractivity contribution >= 4 is 5.82 Å². The van der Waals surface area contributed by atoms with Crippen LogP contribution in [0.15, 0.2) is 30.8 Å². The van der Waals surface area contributed by atoms with Gasteiger partial charge in [-0.15, -0.1) is 0 Å². The summed E-state index contributed by atoms with van der Waals surface area (Å²) in [5.74, 6) is 1.83. The third-order valence-electron chi connectivity index (χ3n) is 3.28. The lowest BCUT2D eigenvalue weighted by Gasteiger charge is -2.38. The Hall–Kier alpha value is -1.71. The van der Waals surface area contributed by atoms with Crippen molar-refractivity contribution in [1.82, 2.24) is 9.88 Å². The summed E-state index contributed by atoms with van der Waals surface area (Å²) < 4.78 is 5.83. The summed E-state index contributed by atoms with van der Waals surface area (Å²) in [6.45, 7) is 16.0. The van der Waals surface area contributed by atoms with Gasteiger partial charge in [-0.05, 0) is 52.0 Å². The predicted molar refractivity (Wildman–Crippen MR) is 82.7 cm³/mol. The van der Waals surface area contributed by atoms with E-state index in [0.29, 0.717) is 0 Å². The number of aromatic nitrogens is 1. The molecule has 1 aliphatic rings. The quantitative estimate of drug-likeness (QED) is 0.793. The standard InChI is InChI=1S/C16H25N3O/c1-13-6-7-17-15(12-13)19-10-8-18(9-11-19)14(2)20-16(3,4)5/h6-7,12H,2,8-11H2,1,3-5H3. The Morgan fingerprint density at radius 3 is 2.45 bits per heavy atom. The number of hydrogen-bond donors (Lipinski definition) is 0. The first kappa shape index (κ1) is 14.7. The lowest BCUT2D eigenvalue weighted by atomic mass is 10.2. The second-order valence-electron chi connectivity index (χ2n) is 6.27. The van der Waals surface area contributed by atoms with Crippen molar-refractivity contribution < 1.29 is 4.74 Å². The van der Waals surface area contributed by atoms with E-state index in [2.05, 4.69) is 34.4 Å². The molecular weight excluding hydrogens is 250 g/mol. The lowest BCUT2D eigenvalue weighted by Crippen LogP contribution is -2.47. The van der Waals surface area contributed by atoms with Crippen molar-refractivity contribution in [3.05, 3.63) is 36.4 Å². The molecule has 0 aromatic carbocycles. The van der Waals surface area contributed by atoms with Crippen LogP contribution < -0.4 is 4.90 Å². The number of hydrogen-bond acceptors (Lipinski definition) is 4. The van der Waals surface area contributed by atoms with E-state index in [1.165, 1.54) is 5.56 Å². The summed E-state index contributed by atoms with van der Waals surface area (Å²) in [6, 6.07) is 4.16. The second kappa shape index (κ2) is 5.73. The molecule has 1 aliphatic heterocycles. The highest BCUT2D eigenvalue weighted by Gasteiger charge is 2.22. The zero-order chi connectivity index (χ0) is 14.8. The monoisotopic (exact) mass is 275 g/mol. The Kier molecular flexibility index (Phi) is 4.21.